The van der Waals surface area contributed by atoms with Gasteiger partial charge in [0.05, 0.1) is 11.0 Å². The molecule has 0 saturated carbocycles. The van der Waals surface area contributed by atoms with Gasteiger partial charge < -0.3 is 15.2 Å². The van der Waals surface area contributed by atoms with E-state index in [9.17, 15) is 0 Å². The number of hydrogen-bond acceptors (Lipinski definition) is 3. The molecule has 19 heavy (non-hydrogen) atoms. The van der Waals surface area contributed by atoms with Gasteiger partial charge in [0, 0.05) is 20.1 Å². The average Bonchev–Trinajstić information content (AvgIpc) is 2.69. The first-order chi connectivity index (χ1) is 9.22. The fraction of sp³-hybridized carbons (Fsp3) is 0.533. The summed E-state index contributed by atoms with van der Waals surface area (Å²) in [5, 5.41) is 6.75. The van der Waals surface area contributed by atoms with Crippen molar-refractivity contribution < 1.29 is 0 Å². The molecule has 0 aliphatic rings. The standard InChI is InChI=1S/C15H24N4/c1-4-16-9-10-17-8-7-13-5-6-15-14(11-13)18-12(2)19(15)3/h5-6,11,16-17H,4,7-10H2,1-3H3. The summed E-state index contributed by atoms with van der Waals surface area (Å²) in [6.07, 6.45) is 1.05. The number of likely N-dealkylation sites (N-methyl/N-ethyl adjacent to an activating group) is 1. The Balaban J connectivity index is 1.87. The van der Waals surface area contributed by atoms with Gasteiger partial charge in [-0.25, -0.2) is 4.98 Å². The Morgan fingerprint density at radius 1 is 1.16 bits per heavy atom. The van der Waals surface area contributed by atoms with Crippen LogP contribution in [-0.2, 0) is 13.5 Å². The van der Waals surface area contributed by atoms with Gasteiger partial charge in [0.25, 0.3) is 0 Å². The Morgan fingerprint density at radius 2 is 1.95 bits per heavy atom. The fourth-order valence-electron chi connectivity index (χ4n) is 2.23. The van der Waals surface area contributed by atoms with Crippen molar-refractivity contribution in [1.29, 1.82) is 0 Å². The van der Waals surface area contributed by atoms with Crippen LogP contribution in [0.1, 0.15) is 18.3 Å². The number of imidazole rings is 1. The van der Waals surface area contributed by atoms with E-state index in [1.54, 1.807) is 0 Å². The summed E-state index contributed by atoms with van der Waals surface area (Å²) in [5.41, 5.74) is 3.66. The molecule has 0 aliphatic carbocycles. The molecule has 1 heterocycles. The van der Waals surface area contributed by atoms with E-state index in [0.29, 0.717) is 0 Å². The Hall–Kier alpha value is -1.39. The van der Waals surface area contributed by atoms with Crippen molar-refractivity contribution in [1.82, 2.24) is 20.2 Å². The van der Waals surface area contributed by atoms with Crippen molar-refractivity contribution in [3.05, 3.63) is 29.6 Å². The molecular formula is C15H24N4. The number of aromatic nitrogens is 2. The zero-order chi connectivity index (χ0) is 13.7. The summed E-state index contributed by atoms with van der Waals surface area (Å²) in [6, 6.07) is 6.58. The number of aryl methyl sites for hydroxylation is 2. The molecule has 1 aromatic heterocycles. The largest absolute Gasteiger partial charge is 0.331 e. The predicted octanol–water partition coefficient (Wildman–Crippen LogP) is 1.62. The van der Waals surface area contributed by atoms with Gasteiger partial charge in [-0.15, -0.1) is 0 Å². The van der Waals surface area contributed by atoms with E-state index >= 15 is 0 Å². The predicted molar refractivity (Wildman–Crippen MR) is 80.6 cm³/mol. The molecule has 1 aromatic carbocycles. The van der Waals surface area contributed by atoms with Gasteiger partial charge in [-0.05, 0) is 44.1 Å². The molecule has 2 aromatic rings. The SMILES string of the molecule is CCNCCNCCc1ccc2c(c1)nc(C)n2C. The first-order valence-corrected chi connectivity index (χ1v) is 7.05. The third kappa shape index (κ3) is 3.55. The van der Waals surface area contributed by atoms with Crippen molar-refractivity contribution in [2.24, 2.45) is 7.05 Å². The fourth-order valence-corrected chi connectivity index (χ4v) is 2.23. The second-order valence-electron chi connectivity index (χ2n) is 4.89. The normalized spacial score (nSPS) is 11.3. The number of benzene rings is 1. The number of nitrogens with zero attached hydrogens (tertiary/aromatic N) is 2. The number of nitrogens with one attached hydrogen (secondary N) is 2. The highest BCUT2D eigenvalue weighted by Gasteiger charge is 2.04. The second-order valence-corrected chi connectivity index (χ2v) is 4.89. The minimum atomic E-state index is 1.02. The number of fused-ring (bicyclic) bond motifs is 1. The van der Waals surface area contributed by atoms with E-state index in [1.165, 1.54) is 11.1 Å². The van der Waals surface area contributed by atoms with Crippen molar-refractivity contribution in [2.45, 2.75) is 20.3 Å². The third-order valence-electron chi connectivity index (χ3n) is 3.49. The average molecular weight is 260 g/mol. The minimum absolute atomic E-state index is 1.02. The molecule has 4 nitrogen and oxygen atoms in total. The highest BCUT2D eigenvalue weighted by Crippen LogP contribution is 2.16. The molecule has 0 saturated heterocycles. The molecule has 0 amide bonds. The Bertz CT molecular complexity index is 530. The van der Waals surface area contributed by atoms with Gasteiger partial charge in [0.2, 0.25) is 0 Å². The second kappa shape index (κ2) is 6.68. The van der Waals surface area contributed by atoms with E-state index in [-0.39, 0.29) is 0 Å². The van der Waals surface area contributed by atoms with Crippen molar-refractivity contribution in [3.63, 3.8) is 0 Å². The van der Waals surface area contributed by atoms with Crippen LogP contribution in [0.25, 0.3) is 11.0 Å². The molecule has 0 atom stereocenters. The Kier molecular flexibility index (Phi) is 4.93. The van der Waals surface area contributed by atoms with Gasteiger partial charge in [0.1, 0.15) is 5.82 Å². The summed E-state index contributed by atoms with van der Waals surface area (Å²) in [4.78, 5) is 4.57. The van der Waals surface area contributed by atoms with Crippen LogP contribution in [-0.4, -0.2) is 35.7 Å². The van der Waals surface area contributed by atoms with E-state index in [0.717, 1.165) is 43.9 Å². The Morgan fingerprint density at radius 3 is 2.74 bits per heavy atom. The van der Waals surface area contributed by atoms with Crippen LogP contribution in [0, 0.1) is 6.92 Å². The molecule has 0 radical (unpaired) electrons. The zero-order valence-electron chi connectivity index (χ0n) is 12.2. The first-order valence-electron chi connectivity index (χ1n) is 7.05. The molecule has 2 N–H and O–H groups in total. The third-order valence-corrected chi connectivity index (χ3v) is 3.49. The quantitative estimate of drug-likeness (QED) is 0.743. The summed E-state index contributed by atoms with van der Waals surface area (Å²) in [6.45, 7) is 8.29. The smallest absolute Gasteiger partial charge is 0.106 e. The van der Waals surface area contributed by atoms with Crippen LogP contribution in [0.5, 0.6) is 0 Å². The lowest BCUT2D eigenvalue weighted by Crippen LogP contribution is -2.28. The van der Waals surface area contributed by atoms with Crippen LogP contribution >= 0.6 is 0 Å². The van der Waals surface area contributed by atoms with Crippen molar-refractivity contribution >= 4 is 11.0 Å². The van der Waals surface area contributed by atoms with Crippen LogP contribution in [0.3, 0.4) is 0 Å². The topological polar surface area (TPSA) is 41.9 Å². The number of rotatable bonds is 7. The van der Waals surface area contributed by atoms with Crippen LogP contribution in [0.15, 0.2) is 18.2 Å². The lowest BCUT2D eigenvalue weighted by Gasteiger charge is -2.05. The summed E-state index contributed by atoms with van der Waals surface area (Å²) in [5.74, 6) is 1.07. The van der Waals surface area contributed by atoms with E-state index in [2.05, 4.69) is 52.4 Å². The minimum Gasteiger partial charge on any atom is -0.331 e. The summed E-state index contributed by atoms with van der Waals surface area (Å²) in [7, 11) is 2.06. The molecule has 104 valence electrons. The monoisotopic (exact) mass is 260 g/mol. The van der Waals surface area contributed by atoms with E-state index in [4.69, 9.17) is 0 Å². The summed E-state index contributed by atoms with van der Waals surface area (Å²) < 4.78 is 2.13. The van der Waals surface area contributed by atoms with Crippen LogP contribution in [0.4, 0.5) is 0 Å². The maximum Gasteiger partial charge on any atom is 0.106 e. The van der Waals surface area contributed by atoms with E-state index < -0.39 is 0 Å². The molecule has 0 bridgehead atoms. The highest BCUT2D eigenvalue weighted by molar-refractivity contribution is 5.76. The molecule has 0 unspecified atom stereocenters. The van der Waals surface area contributed by atoms with Gasteiger partial charge in [-0.3, -0.25) is 0 Å². The zero-order valence-corrected chi connectivity index (χ0v) is 12.2. The maximum absolute atomic E-state index is 4.57. The van der Waals surface area contributed by atoms with Gasteiger partial charge in [-0.2, -0.15) is 0 Å². The molecular weight excluding hydrogens is 236 g/mol. The molecule has 4 heteroatoms. The highest BCUT2D eigenvalue weighted by atomic mass is 15.0. The van der Waals surface area contributed by atoms with Crippen LogP contribution < -0.4 is 10.6 Å². The van der Waals surface area contributed by atoms with Gasteiger partial charge in [0.15, 0.2) is 0 Å². The maximum atomic E-state index is 4.57. The lowest BCUT2D eigenvalue weighted by atomic mass is 10.1. The van der Waals surface area contributed by atoms with Gasteiger partial charge >= 0.3 is 0 Å². The summed E-state index contributed by atoms with van der Waals surface area (Å²) >= 11 is 0. The molecule has 2 rings (SSSR count). The van der Waals surface area contributed by atoms with E-state index in [1.807, 2.05) is 6.92 Å². The number of hydrogen-bond donors (Lipinski definition) is 2. The first kappa shape index (κ1) is 14.0. The molecule has 0 spiro atoms. The van der Waals surface area contributed by atoms with Crippen molar-refractivity contribution in [2.75, 3.05) is 26.2 Å². The molecule has 0 fully saturated rings. The van der Waals surface area contributed by atoms with Gasteiger partial charge in [-0.1, -0.05) is 13.0 Å². The van der Waals surface area contributed by atoms with Crippen molar-refractivity contribution in [3.8, 4) is 0 Å². The van der Waals surface area contributed by atoms with Crippen LogP contribution in [0.2, 0.25) is 0 Å². The lowest BCUT2D eigenvalue weighted by molar-refractivity contribution is 0.624. The molecule has 0 aliphatic heterocycles. The Labute approximate surface area is 115 Å².